The zero-order chi connectivity index (χ0) is 20.9. The van der Waals surface area contributed by atoms with Crippen LogP contribution >= 0.6 is 0 Å². The zero-order valence-electron chi connectivity index (χ0n) is 18.6. The van der Waals surface area contributed by atoms with E-state index in [-0.39, 0.29) is 18.2 Å². The molecule has 1 amide bonds. The van der Waals surface area contributed by atoms with Crippen LogP contribution in [0.4, 0.5) is 0 Å². The standard InChI is InChI=1S/C24H47NO3/c1-2-3-4-5-6-7-8-9-10-11-12-13-14-15-16-17-19-22(24(25)28)20-18-21-23(26)27/h22H,2-21H2,1H3,(H2,25,28)(H,26,27). The van der Waals surface area contributed by atoms with Crippen LogP contribution in [0.15, 0.2) is 0 Å². The molecule has 0 aliphatic carbocycles. The first kappa shape index (κ1) is 26.9. The lowest BCUT2D eigenvalue weighted by Crippen LogP contribution is -2.23. The Labute approximate surface area is 174 Å². The number of unbranched alkanes of at least 4 members (excludes halogenated alkanes) is 15. The highest BCUT2D eigenvalue weighted by Gasteiger charge is 2.15. The van der Waals surface area contributed by atoms with Crippen molar-refractivity contribution in [3.8, 4) is 0 Å². The average Bonchev–Trinajstić information content (AvgIpc) is 2.65. The highest BCUT2D eigenvalue weighted by molar-refractivity contribution is 5.76. The van der Waals surface area contributed by atoms with Crippen LogP contribution in [0.3, 0.4) is 0 Å². The largest absolute Gasteiger partial charge is 0.481 e. The Bertz CT molecular complexity index is 371. The molecule has 3 N–H and O–H groups in total. The molecule has 0 heterocycles. The molecular formula is C24H47NO3. The minimum Gasteiger partial charge on any atom is -0.481 e. The lowest BCUT2D eigenvalue weighted by Gasteiger charge is -2.12. The first-order valence-corrected chi connectivity index (χ1v) is 12.1. The predicted molar refractivity (Wildman–Crippen MR) is 118 cm³/mol. The maximum absolute atomic E-state index is 11.4. The van der Waals surface area contributed by atoms with Crippen molar-refractivity contribution in [1.82, 2.24) is 0 Å². The third kappa shape index (κ3) is 19.7. The summed E-state index contributed by atoms with van der Waals surface area (Å²) in [6.07, 6.45) is 23.5. The molecule has 1 unspecified atom stereocenters. The van der Waals surface area contributed by atoms with E-state index in [0.29, 0.717) is 12.8 Å². The monoisotopic (exact) mass is 397 g/mol. The summed E-state index contributed by atoms with van der Waals surface area (Å²) >= 11 is 0. The van der Waals surface area contributed by atoms with Gasteiger partial charge in [0.25, 0.3) is 0 Å². The van der Waals surface area contributed by atoms with Crippen LogP contribution < -0.4 is 5.73 Å². The maximum atomic E-state index is 11.4. The number of aliphatic carboxylic acids is 1. The molecule has 4 heteroatoms. The van der Waals surface area contributed by atoms with Gasteiger partial charge in [0, 0.05) is 12.3 Å². The summed E-state index contributed by atoms with van der Waals surface area (Å²) in [4.78, 5) is 22.0. The Morgan fingerprint density at radius 2 is 1.00 bits per heavy atom. The van der Waals surface area contributed by atoms with Crippen molar-refractivity contribution >= 4 is 11.9 Å². The fourth-order valence-electron chi connectivity index (χ4n) is 3.87. The van der Waals surface area contributed by atoms with E-state index in [2.05, 4.69) is 6.92 Å². The summed E-state index contributed by atoms with van der Waals surface area (Å²) in [5.41, 5.74) is 5.43. The number of hydrogen-bond acceptors (Lipinski definition) is 2. The van der Waals surface area contributed by atoms with Crippen LogP contribution in [0, 0.1) is 5.92 Å². The van der Waals surface area contributed by atoms with Crippen molar-refractivity contribution in [2.24, 2.45) is 11.7 Å². The lowest BCUT2D eigenvalue weighted by molar-refractivity contribution is -0.137. The topological polar surface area (TPSA) is 80.4 Å². The fourth-order valence-corrected chi connectivity index (χ4v) is 3.87. The van der Waals surface area contributed by atoms with Gasteiger partial charge >= 0.3 is 5.97 Å². The first-order valence-electron chi connectivity index (χ1n) is 12.1. The summed E-state index contributed by atoms with van der Waals surface area (Å²) in [5, 5.41) is 8.67. The summed E-state index contributed by atoms with van der Waals surface area (Å²) in [6, 6.07) is 0. The van der Waals surface area contributed by atoms with Gasteiger partial charge in [-0.15, -0.1) is 0 Å². The average molecular weight is 398 g/mol. The van der Waals surface area contributed by atoms with E-state index in [1.54, 1.807) is 0 Å². The van der Waals surface area contributed by atoms with Crippen molar-refractivity contribution < 1.29 is 14.7 Å². The van der Waals surface area contributed by atoms with Gasteiger partial charge in [-0.05, 0) is 19.3 Å². The van der Waals surface area contributed by atoms with Gasteiger partial charge in [0.05, 0.1) is 0 Å². The molecule has 0 fully saturated rings. The molecule has 0 aromatic carbocycles. The molecule has 0 bridgehead atoms. The van der Waals surface area contributed by atoms with Crippen molar-refractivity contribution in [3.05, 3.63) is 0 Å². The smallest absolute Gasteiger partial charge is 0.303 e. The van der Waals surface area contributed by atoms with E-state index in [1.807, 2.05) is 0 Å². The van der Waals surface area contributed by atoms with Gasteiger partial charge in [-0.2, -0.15) is 0 Å². The third-order valence-electron chi connectivity index (χ3n) is 5.75. The minimum absolute atomic E-state index is 0.128. The second-order valence-corrected chi connectivity index (χ2v) is 8.48. The first-order chi connectivity index (χ1) is 13.6. The molecule has 1 atom stereocenters. The second kappa shape index (κ2) is 20.7. The number of amides is 1. The molecule has 0 saturated carbocycles. The maximum Gasteiger partial charge on any atom is 0.303 e. The third-order valence-corrected chi connectivity index (χ3v) is 5.75. The molecule has 0 saturated heterocycles. The van der Waals surface area contributed by atoms with Crippen molar-refractivity contribution in [2.45, 2.75) is 135 Å². The Morgan fingerprint density at radius 3 is 1.36 bits per heavy atom. The summed E-state index contributed by atoms with van der Waals surface area (Å²) in [6.45, 7) is 2.27. The van der Waals surface area contributed by atoms with Gasteiger partial charge in [0.2, 0.25) is 5.91 Å². The number of carboxylic acids is 1. The van der Waals surface area contributed by atoms with Crippen LogP contribution in [-0.2, 0) is 9.59 Å². The number of nitrogens with two attached hydrogens (primary N) is 1. The van der Waals surface area contributed by atoms with Crippen LogP contribution in [-0.4, -0.2) is 17.0 Å². The van der Waals surface area contributed by atoms with Gasteiger partial charge < -0.3 is 10.8 Å². The molecular weight excluding hydrogens is 350 g/mol. The second-order valence-electron chi connectivity index (χ2n) is 8.48. The number of carbonyl (C=O) groups is 2. The quantitative estimate of drug-likeness (QED) is 0.193. The molecule has 0 aliphatic heterocycles. The van der Waals surface area contributed by atoms with Gasteiger partial charge in [0.15, 0.2) is 0 Å². The van der Waals surface area contributed by atoms with Crippen molar-refractivity contribution in [3.63, 3.8) is 0 Å². The van der Waals surface area contributed by atoms with Gasteiger partial charge in [-0.1, -0.05) is 110 Å². The van der Waals surface area contributed by atoms with E-state index >= 15 is 0 Å². The molecule has 28 heavy (non-hydrogen) atoms. The normalized spacial score (nSPS) is 12.2. The van der Waals surface area contributed by atoms with Gasteiger partial charge in [0.1, 0.15) is 0 Å². The SMILES string of the molecule is CCCCCCCCCCCCCCCCCCC(CCCC(=O)O)C(N)=O. The lowest BCUT2D eigenvalue weighted by atomic mass is 9.94. The van der Waals surface area contributed by atoms with E-state index < -0.39 is 5.97 Å². The van der Waals surface area contributed by atoms with E-state index in [4.69, 9.17) is 10.8 Å². The molecule has 0 aromatic heterocycles. The van der Waals surface area contributed by atoms with Crippen molar-refractivity contribution in [1.29, 1.82) is 0 Å². The Morgan fingerprint density at radius 1 is 0.643 bits per heavy atom. The molecule has 0 aromatic rings. The molecule has 0 spiro atoms. The molecule has 166 valence electrons. The minimum atomic E-state index is -0.800. The molecule has 4 nitrogen and oxygen atoms in total. The van der Waals surface area contributed by atoms with E-state index in [1.165, 1.54) is 89.9 Å². The zero-order valence-corrected chi connectivity index (χ0v) is 18.6. The number of carboxylic acid groups (broad SMARTS) is 1. The highest BCUT2D eigenvalue weighted by atomic mass is 16.4. The van der Waals surface area contributed by atoms with E-state index in [0.717, 1.165) is 19.3 Å². The summed E-state index contributed by atoms with van der Waals surface area (Å²) in [5.74, 6) is -1.22. The fraction of sp³-hybridized carbons (Fsp3) is 0.917. The number of carbonyl (C=O) groups excluding carboxylic acids is 1. The van der Waals surface area contributed by atoms with Crippen LogP contribution in [0.25, 0.3) is 0 Å². The highest BCUT2D eigenvalue weighted by Crippen LogP contribution is 2.18. The summed E-state index contributed by atoms with van der Waals surface area (Å²) < 4.78 is 0. The number of primary amides is 1. The molecule has 0 aliphatic rings. The molecule has 0 radical (unpaired) electrons. The van der Waals surface area contributed by atoms with Crippen LogP contribution in [0.5, 0.6) is 0 Å². The number of rotatable bonds is 22. The van der Waals surface area contributed by atoms with Gasteiger partial charge in [-0.25, -0.2) is 0 Å². The van der Waals surface area contributed by atoms with Crippen molar-refractivity contribution in [2.75, 3.05) is 0 Å². The molecule has 0 rings (SSSR count). The number of hydrogen-bond donors (Lipinski definition) is 2. The Hall–Kier alpha value is -1.06. The van der Waals surface area contributed by atoms with Crippen LogP contribution in [0.1, 0.15) is 135 Å². The summed E-state index contributed by atoms with van der Waals surface area (Å²) in [7, 11) is 0. The van der Waals surface area contributed by atoms with E-state index in [9.17, 15) is 9.59 Å². The van der Waals surface area contributed by atoms with Crippen LogP contribution in [0.2, 0.25) is 0 Å². The Kier molecular flexibility index (Phi) is 19.9. The Balaban J connectivity index is 3.33. The predicted octanol–water partition coefficient (Wildman–Crippen LogP) is 6.99. The van der Waals surface area contributed by atoms with Gasteiger partial charge in [-0.3, -0.25) is 9.59 Å².